The molecule has 0 amide bonds. The molecule has 15 heteroatoms. The van der Waals surface area contributed by atoms with Crippen LogP contribution in [-0.2, 0) is 42.6 Å². The third-order valence-corrected chi connectivity index (χ3v) is 16.4. The summed E-state index contributed by atoms with van der Waals surface area (Å²) in [5.74, 6) is -0.441. The Morgan fingerprint density at radius 3 is 1.86 bits per heavy atom. The fourth-order valence-electron chi connectivity index (χ4n) is 13.2. The van der Waals surface area contributed by atoms with Gasteiger partial charge in [-0.1, -0.05) is 13.8 Å². The second-order valence-corrected chi connectivity index (χ2v) is 19.1. The van der Waals surface area contributed by atoms with Crippen LogP contribution in [0.4, 0.5) is 0 Å². The SMILES string of the molecule is CO[C@H]1[C@@H](O)[C@H](O[C@@H]2[C@@H](C)O[C@@H](O[C@H]3[C@@H](OC)C[C@H](O[C@H]4CC[C@@]5(C)[C@@H](CC[C@@H]6[C@@H]5[C@H](O)[C@@H](O)[C@]5(C)[C@@H]([C@H](C)O)CC[C@]65O)C4)O[C@@H]3C)C[C@H]2OC)O[C@H](C)[C@H]1O. The number of aliphatic hydroxyl groups excluding tert-OH is 5. The molecule has 4 saturated carbocycles. The first-order valence-corrected chi connectivity index (χ1v) is 21.6. The summed E-state index contributed by atoms with van der Waals surface area (Å²) in [6, 6.07) is 0. The highest BCUT2D eigenvalue weighted by atomic mass is 16.8. The van der Waals surface area contributed by atoms with Crippen LogP contribution in [0.3, 0.4) is 0 Å². The zero-order valence-electron chi connectivity index (χ0n) is 35.3. The fourth-order valence-corrected chi connectivity index (χ4v) is 13.2. The van der Waals surface area contributed by atoms with Crippen molar-refractivity contribution < 1.29 is 73.3 Å². The molecule has 0 radical (unpaired) electrons. The van der Waals surface area contributed by atoms with Crippen LogP contribution in [0.5, 0.6) is 0 Å². The number of hydrogen-bond donors (Lipinski definition) is 6. The first-order chi connectivity index (χ1) is 26.9. The summed E-state index contributed by atoms with van der Waals surface area (Å²) in [5.41, 5.74) is -2.40. The highest BCUT2D eigenvalue weighted by molar-refractivity contribution is 5.22. The number of rotatable bonds is 10. The Morgan fingerprint density at radius 1 is 0.649 bits per heavy atom. The van der Waals surface area contributed by atoms with E-state index in [0.29, 0.717) is 25.7 Å². The molecule has 15 nitrogen and oxygen atoms in total. The standard InChI is InChI=1S/C42H72O15/c1-19(43)25-13-15-42(48)26-11-10-23-16-24(12-14-40(23,5)31(26)33(45)38(47)41(25,42)6)55-29-17-27(49-7)35(21(3)52-29)56-30-18-28(50-8)36(22(4)53-30)57-39-34(46)37(51-9)32(44)20(2)54-39/h19-39,43-48H,10-18H2,1-9H3/t19-,20+,21+,22+,23-,24-,25+,26+,27-,28+,29-,30-,31+,32+,33-,34+,35+,36+,37+,38+,39-,40-,41-,42-/m0/s1. The third kappa shape index (κ3) is 7.47. The predicted molar refractivity (Wildman–Crippen MR) is 202 cm³/mol. The first kappa shape index (κ1) is 44.5. The van der Waals surface area contributed by atoms with E-state index in [-0.39, 0.29) is 47.4 Å². The second-order valence-electron chi connectivity index (χ2n) is 19.1. The van der Waals surface area contributed by atoms with Crippen molar-refractivity contribution in [3.8, 4) is 0 Å². The molecule has 57 heavy (non-hydrogen) atoms. The number of ether oxygens (including phenoxy) is 9. The minimum atomic E-state index is -1.22. The third-order valence-electron chi connectivity index (χ3n) is 16.4. The number of fused-ring (bicyclic) bond motifs is 5. The molecule has 0 unspecified atom stereocenters. The molecule has 3 aliphatic heterocycles. The molecule has 3 saturated heterocycles. The summed E-state index contributed by atoms with van der Waals surface area (Å²) in [5, 5.41) is 67.9. The lowest BCUT2D eigenvalue weighted by Crippen LogP contribution is -2.72. The van der Waals surface area contributed by atoms with Crippen LogP contribution in [0.1, 0.15) is 99.3 Å². The number of methoxy groups -OCH3 is 3. The molecule has 0 spiro atoms. The van der Waals surface area contributed by atoms with Gasteiger partial charge in [0.1, 0.15) is 30.5 Å². The summed E-state index contributed by atoms with van der Waals surface area (Å²) in [7, 11) is 4.67. The maximum atomic E-state index is 12.4. The lowest BCUT2D eigenvalue weighted by Gasteiger charge is -2.66. The predicted octanol–water partition coefficient (Wildman–Crippen LogP) is 2.02. The van der Waals surface area contributed by atoms with Crippen molar-refractivity contribution in [2.75, 3.05) is 21.3 Å². The zero-order chi connectivity index (χ0) is 41.4. The molecule has 7 fully saturated rings. The fraction of sp³-hybridized carbons (Fsp3) is 1.00. The van der Waals surface area contributed by atoms with Gasteiger partial charge in [-0.15, -0.1) is 0 Å². The van der Waals surface area contributed by atoms with E-state index in [2.05, 4.69) is 6.92 Å². The topological polar surface area (TPSA) is 204 Å². The van der Waals surface area contributed by atoms with E-state index in [4.69, 9.17) is 42.6 Å². The van der Waals surface area contributed by atoms with Crippen molar-refractivity contribution in [2.24, 2.45) is 34.5 Å². The average molecular weight is 817 g/mol. The Labute approximate surface area is 337 Å². The Balaban J connectivity index is 0.946. The maximum absolute atomic E-state index is 12.4. The minimum Gasteiger partial charge on any atom is -0.393 e. The molecular formula is C42H72O15. The van der Waals surface area contributed by atoms with Crippen LogP contribution in [0, 0.1) is 34.5 Å². The molecule has 7 rings (SSSR count). The highest BCUT2D eigenvalue weighted by Gasteiger charge is 2.73. The van der Waals surface area contributed by atoms with Crippen molar-refractivity contribution in [2.45, 2.75) is 209 Å². The van der Waals surface area contributed by atoms with E-state index in [1.165, 1.54) is 7.11 Å². The lowest BCUT2D eigenvalue weighted by molar-refractivity contribution is -0.352. The summed E-state index contributed by atoms with van der Waals surface area (Å²) in [6.45, 7) is 11.3. The van der Waals surface area contributed by atoms with E-state index in [9.17, 15) is 30.6 Å². The van der Waals surface area contributed by atoms with Crippen molar-refractivity contribution in [3.05, 3.63) is 0 Å². The van der Waals surface area contributed by atoms with Crippen LogP contribution >= 0.6 is 0 Å². The van der Waals surface area contributed by atoms with Gasteiger partial charge in [0.25, 0.3) is 0 Å². The van der Waals surface area contributed by atoms with E-state index in [1.54, 1.807) is 28.1 Å². The molecule has 0 aromatic rings. The van der Waals surface area contributed by atoms with Gasteiger partial charge in [0.15, 0.2) is 18.9 Å². The molecule has 6 N–H and O–H groups in total. The Bertz CT molecular complexity index is 1360. The van der Waals surface area contributed by atoms with E-state index in [0.717, 1.165) is 32.1 Å². The van der Waals surface area contributed by atoms with E-state index < -0.39 is 97.0 Å². The van der Waals surface area contributed by atoms with Gasteiger partial charge in [-0.2, -0.15) is 0 Å². The van der Waals surface area contributed by atoms with Crippen LogP contribution in [0.2, 0.25) is 0 Å². The molecular weight excluding hydrogens is 744 g/mol. The van der Waals surface area contributed by atoms with Crippen LogP contribution in [0.25, 0.3) is 0 Å². The molecule has 4 aliphatic carbocycles. The summed E-state index contributed by atoms with van der Waals surface area (Å²) in [4.78, 5) is 0. The first-order valence-electron chi connectivity index (χ1n) is 21.6. The molecule has 0 aromatic heterocycles. The largest absolute Gasteiger partial charge is 0.393 e. The maximum Gasteiger partial charge on any atom is 0.187 e. The van der Waals surface area contributed by atoms with Crippen LogP contribution in [-0.4, -0.2) is 162 Å². The lowest BCUT2D eigenvalue weighted by atomic mass is 9.41. The molecule has 0 aromatic carbocycles. The minimum absolute atomic E-state index is 0.0593. The normalized spacial score (nSPS) is 56.1. The van der Waals surface area contributed by atoms with Crippen molar-refractivity contribution >= 4 is 0 Å². The smallest absolute Gasteiger partial charge is 0.187 e. The van der Waals surface area contributed by atoms with Crippen LogP contribution < -0.4 is 0 Å². The summed E-state index contributed by atoms with van der Waals surface area (Å²) in [6.07, 6.45) is -5.55. The Kier molecular flexibility index (Phi) is 13.2. The van der Waals surface area contributed by atoms with Gasteiger partial charge in [0, 0.05) is 39.6 Å². The van der Waals surface area contributed by atoms with Gasteiger partial charge in [-0.25, -0.2) is 0 Å². The Morgan fingerprint density at radius 2 is 1.26 bits per heavy atom. The monoisotopic (exact) mass is 816 g/mol. The number of hydrogen-bond acceptors (Lipinski definition) is 15. The zero-order valence-corrected chi connectivity index (χ0v) is 35.3. The highest BCUT2D eigenvalue weighted by Crippen LogP contribution is 2.69. The van der Waals surface area contributed by atoms with Crippen LogP contribution in [0.15, 0.2) is 0 Å². The Hall–Kier alpha value is -0.600. The van der Waals surface area contributed by atoms with Gasteiger partial charge in [-0.05, 0) is 102 Å². The second kappa shape index (κ2) is 16.9. The van der Waals surface area contributed by atoms with Crippen molar-refractivity contribution in [1.82, 2.24) is 0 Å². The van der Waals surface area contributed by atoms with Crippen molar-refractivity contribution in [1.29, 1.82) is 0 Å². The van der Waals surface area contributed by atoms with Gasteiger partial charge < -0.3 is 73.3 Å². The van der Waals surface area contributed by atoms with E-state index in [1.807, 2.05) is 20.8 Å². The van der Waals surface area contributed by atoms with Gasteiger partial charge in [-0.3, -0.25) is 0 Å². The molecule has 330 valence electrons. The number of aliphatic hydroxyl groups is 6. The molecule has 0 bridgehead atoms. The summed E-state index contributed by atoms with van der Waals surface area (Å²) < 4.78 is 55.2. The average Bonchev–Trinajstić information content (AvgIpc) is 3.46. The molecule has 7 aliphatic rings. The molecule has 3 heterocycles. The van der Waals surface area contributed by atoms with Gasteiger partial charge in [0.05, 0.1) is 60.5 Å². The summed E-state index contributed by atoms with van der Waals surface area (Å²) >= 11 is 0. The van der Waals surface area contributed by atoms with Gasteiger partial charge >= 0.3 is 0 Å². The quantitative estimate of drug-likeness (QED) is 0.175. The van der Waals surface area contributed by atoms with Gasteiger partial charge in [0.2, 0.25) is 0 Å². The van der Waals surface area contributed by atoms with E-state index >= 15 is 0 Å². The molecule has 24 atom stereocenters. The van der Waals surface area contributed by atoms with Crippen molar-refractivity contribution in [3.63, 3.8) is 0 Å².